The molecule has 0 bridgehead atoms. The average molecular weight is 384 g/mol. The number of nitrogens with zero attached hydrogens (tertiary/aromatic N) is 1. The maximum Gasteiger partial charge on any atom is 0.340 e. The van der Waals surface area contributed by atoms with Crippen molar-refractivity contribution in [2.24, 2.45) is 5.92 Å². The second-order valence-electron chi connectivity index (χ2n) is 6.60. The highest BCUT2D eigenvalue weighted by Gasteiger charge is 2.35. The maximum absolute atomic E-state index is 13.7. The van der Waals surface area contributed by atoms with Crippen LogP contribution in [0.15, 0.2) is 42.5 Å². The summed E-state index contributed by atoms with van der Waals surface area (Å²) in [6.07, 6.45) is 0.945. The fourth-order valence-corrected chi connectivity index (χ4v) is 3.19. The molecule has 2 aromatic carbocycles. The third kappa shape index (κ3) is 4.03. The van der Waals surface area contributed by atoms with E-state index >= 15 is 0 Å². The quantitative estimate of drug-likeness (QED) is 0.804. The van der Waals surface area contributed by atoms with Gasteiger partial charge < -0.3 is 15.0 Å². The summed E-state index contributed by atoms with van der Waals surface area (Å²) in [6, 6.07) is 11.3. The number of carbonyl (C=O) groups is 3. The lowest BCUT2D eigenvalue weighted by Gasteiger charge is -2.17. The Balaban J connectivity index is 1.72. The molecule has 1 aliphatic rings. The van der Waals surface area contributed by atoms with Gasteiger partial charge in [0.25, 0.3) is 0 Å². The monoisotopic (exact) mass is 384 g/mol. The minimum Gasteiger partial charge on any atom is -0.465 e. The van der Waals surface area contributed by atoms with E-state index in [2.05, 4.69) is 10.1 Å². The van der Waals surface area contributed by atoms with Gasteiger partial charge in [0.1, 0.15) is 5.82 Å². The van der Waals surface area contributed by atoms with Gasteiger partial charge in [-0.3, -0.25) is 9.59 Å². The van der Waals surface area contributed by atoms with E-state index in [0.29, 0.717) is 0 Å². The molecule has 7 heteroatoms. The van der Waals surface area contributed by atoms with Gasteiger partial charge in [-0.2, -0.15) is 0 Å². The largest absolute Gasteiger partial charge is 0.465 e. The molecule has 0 radical (unpaired) electrons. The van der Waals surface area contributed by atoms with Gasteiger partial charge in [0, 0.05) is 24.3 Å². The van der Waals surface area contributed by atoms with Crippen LogP contribution < -0.4 is 10.2 Å². The minimum absolute atomic E-state index is 0.0905. The molecule has 28 heavy (non-hydrogen) atoms. The zero-order valence-corrected chi connectivity index (χ0v) is 15.7. The van der Waals surface area contributed by atoms with E-state index in [4.69, 9.17) is 0 Å². The topological polar surface area (TPSA) is 75.7 Å². The van der Waals surface area contributed by atoms with E-state index < -0.39 is 17.7 Å². The number of ether oxygens (including phenoxy) is 1. The van der Waals surface area contributed by atoms with Crippen molar-refractivity contribution in [3.63, 3.8) is 0 Å². The molecule has 1 heterocycles. The minimum atomic E-state index is -0.827. The van der Waals surface area contributed by atoms with E-state index in [-0.39, 0.29) is 36.0 Å². The molecular weight excluding hydrogens is 363 g/mol. The summed E-state index contributed by atoms with van der Waals surface area (Å²) in [6.45, 7) is 2.30. The Morgan fingerprint density at radius 3 is 2.75 bits per heavy atom. The lowest BCUT2D eigenvalue weighted by Crippen LogP contribution is -2.28. The van der Waals surface area contributed by atoms with Crippen LogP contribution in [0.2, 0.25) is 0 Å². The van der Waals surface area contributed by atoms with Gasteiger partial charge >= 0.3 is 5.97 Å². The van der Waals surface area contributed by atoms with Crippen LogP contribution in [0.1, 0.15) is 29.3 Å². The van der Waals surface area contributed by atoms with Crippen molar-refractivity contribution in [2.75, 3.05) is 23.9 Å². The van der Waals surface area contributed by atoms with Gasteiger partial charge in [0.15, 0.2) is 0 Å². The van der Waals surface area contributed by atoms with Gasteiger partial charge in [0.05, 0.1) is 18.6 Å². The molecule has 0 spiro atoms. The van der Waals surface area contributed by atoms with Crippen LogP contribution in [0.4, 0.5) is 15.8 Å². The Labute approximate surface area is 162 Å². The van der Waals surface area contributed by atoms with Crippen LogP contribution in [-0.2, 0) is 20.7 Å². The number of methoxy groups -OCH3 is 1. The van der Waals surface area contributed by atoms with Crippen molar-refractivity contribution in [2.45, 2.75) is 19.8 Å². The molecule has 0 aliphatic carbocycles. The molecule has 2 aromatic rings. The SMILES string of the molecule is CCc1cccc(N2C[C@@H](C(=O)Nc3ccc(F)c(C(=O)OC)c3)CC2=O)c1. The number of aryl methyl sites for hydroxylation is 1. The molecular formula is C21H21FN2O4. The number of esters is 1. The molecule has 0 aromatic heterocycles. The van der Waals surface area contributed by atoms with Crippen LogP contribution in [-0.4, -0.2) is 31.4 Å². The summed E-state index contributed by atoms with van der Waals surface area (Å²) in [5.74, 6) is -2.58. The summed E-state index contributed by atoms with van der Waals surface area (Å²) in [4.78, 5) is 38.2. The zero-order chi connectivity index (χ0) is 20.3. The van der Waals surface area contributed by atoms with Gasteiger partial charge in [0.2, 0.25) is 11.8 Å². The molecule has 0 saturated carbocycles. The van der Waals surface area contributed by atoms with Crippen molar-refractivity contribution in [1.29, 1.82) is 0 Å². The number of benzene rings is 2. The Kier molecular flexibility index (Phi) is 5.73. The first-order chi connectivity index (χ1) is 13.4. The molecule has 0 unspecified atom stereocenters. The summed E-state index contributed by atoms with van der Waals surface area (Å²) >= 11 is 0. The number of carbonyl (C=O) groups excluding carboxylic acids is 3. The van der Waals surface area contributed by atoms with Crippen molar-refractivity contribution in [3.05, 3.63) is 59.4 Å². The third-order valence-electron chi connectivity index (χ3n) is 4.77. The lowest BCUT2D eigenvalue weighted by molar-refractivity contribution is -0.122. The van der Waals surface area contributed by atoms with Crippen molar-refractivity contribution in [3.8, 4) is 0 Å². The Bertz CT molecular complexity index is 928. The first kappa shape index (κ1) is 19.5. The third-order valence-corrected chi connectivity index (χ3v) is 4.77. The van der Waals surface area contributed by atoms with Crippen molar-refractivity contribution >= 4 is 29.2 Å². The second kappa shape index (κ2) is 8.21. The van der Waals surface area contributed by atoms with Gasteiger partial charge in [-0.15, -0.1) is 0 Å². The molecule has 1 aliphatic heterocycles. The lowest BCUT2D eigenvalue weighted by atomic mass is 10.1. The number of rotatable bonds is 5. The fraction of sp³-hybridized carbons (Fsp3) is 0.286. The molecule has 1 saturated heterocycles. The number of amides is 2. The fourth-order valence-electron chi connectivity index (χ4n) is 3.19. The Hall–Kier alpha value is -3.22. The van der Waals surface area contributed by atoms with Gasteiger partial charge in [-0.25, -0.2) is 9.18 Å². The van der Waals surface area contributed by atoms with E-state index in [0.717, 1.165) is 30.8 Å². The van der Waals surface area contributed by atoms with E-state index in [1.165, 1.54) is 12.1 Å². The van der Waals surface area contributed by atoms with Crippen LogP contribution >= 0.6 is 0 Å². The number of halogens is 1. The molecule has 146 valence electrons. The number of anilines is 2. The molecule has 1 N–H and O–H groups in total. The van der Waals surface area contributed by atoms with Crippen LogP contribution in [0.3, 0.4) is 0 Å². The van der Waals surface area contributed by atoms with Crippen molar-refractivity contribution in [1.82, 2.24) is 0 Å². The van der Waals surface area contributed by atoms with E-state index in [9.17, 15) is 18.8 Å². The molecule has 1 atom stereocenters. The molecule has 2 amide bonds. The maximum atomic E-state index is 13.7. The Morgan fingerprint density at radius 2 is 2.04 bits per heavy atom. The second-order valence-corrected chi connectivity index (χ2v) is 6.60. The summed E-state index contributed by atoms with van der Waals surface area (Å²) < 4.78 is 18.3. The van der Waals surface area contributed by atoms with Gasteiger partial charge in [-0.1, -0.05) is 19.1 Å². The van der Waals surface area contributed by atoms with E-state index in [1.807, 2.05) is 31.2 Å². The average Bonchev–Trinajstić information content (AvgIpc) is 3.10. The zero-order valence-electron chi connectivity index (χ0n) is 15.7. The van der Waals surface area contributed by atoms with Crippen LogP contribution in [0.5, 0.6) is 0 Å². The number of hydrogen-bond donors (Lipinski definition) is 1. The predicted molar refractivity (Wildman–Crippen MR) is 103 cm³/mol. The molecule has 1 fully saturated rings. The molecule has 3 rings (SSSR count). The summed E-state index contributed by atoms with van der Waals surface area (Å²) in [7, 11) is 1.15. The normalized spacial score (nSPS) is 16.2. The Morgan fingerprint density at radius 1 is 1.25 bits per heavy atom. The smallest absolute Gasteiger partial charge is 0.340 e. The summed E-state index contributed by atoms with van der Waals surface area (Å²) in [5, 5.41) is 2.65. The number of nitrogens with one attached hydrogen (secondary N) is 1. The molecule has 6 nitrogen and oxygen atoms in total. The van der Waals surface area contributed by atoms with Gasteiger partial charge in [-0.05, 0) is 42.3 Å². The summed E-state index contributed by atoms with van der Waals surface area (Å²) in [5.41, 5.74) is 1.89. The van der Waals surface area contributed by atoms with Crippen LogP contribution in [0, 0.1) is 11.7 Å². The first-order valence-electron chi connectivity index (χ1n) is 9.01. The highest BCUT2D eigenvalue weighted by Crippen LogP contribution is 2.27. The first-order valence-corrected chi connectivity index (χ1v) is 9.01. The highest BCUT2D eigenvalue weighted by atomic mass is 19.1. The van der Waals surface area contributed by atoms with Crippen LogP contribution in [0.25, 0.3) is 0 Å². The highest BCUT2D eigenvalue weighted by molar-refractivity contribution is 6.04. The van der Waals surface area contributed by atoms with E-state index in [1.54, 1.807) is 4.90 Å². The van der Waals surface area contributed by atoms with Crippen molar-refractivity contribution < 1.29 is 23.5 Å². The standard InChI is InChI=1S/C21H21FN2O4/c1-3-13-5-4-6-16(9-13)24-12-14(10-19(24)25)20(26)23-15-7-8-18(22)17(11-15)21(27)28-2/h4-9,11,14H,3,10,12H2,1-2H3,(H,23,26)/t14-/m0/s1. The predicted octanol–water partition coefficient (Wildman–Crippen LogP) is 3.17. The number of hydrogen-bond acceptors (Lipinski definition) is 4.